The Bertz CT molecular complexity index is 622. The molecule has 1 aliphatic heterocycles. The van der Waals surface area contributed by atoms with Crippen LogP contribution < -0.4 is 10.5 Å². The lowest BCUT2D eigenvalue weighted by molar-refractivity contribution is 0.0751. The van der Waals surface area contributed by atoms with Gasteiger partial charge in [-0.15, -0.1) is 11.3 Å². The third-order valence-electron chi connectivity index (χ3n) is 3.43. The van der Waals surface area contributed by atoms with Gasteiger partial charge in [0, 0.05) is 38.4 Å². The molecular formula is C14H15N3O2S. The summed E-state index contributed by atoms with van der Waals surface area (Å²) < 4.78 is 0. The van der Waals surface area contributed by atoms with Crippen LogP contribution in [0.4, 0.5) is 5.69 Å². The molecule has 0 aliphatic carbocycles. The molecule has 1 saturated heterocycles. The summed E-state index contributed by atoms with van der Waals surface area (Å²) in [6, 6.07) is 7.10. The number of aromatic amines is 1. The maximum atomic E-state index is 12.2. The van der Waals surface area contributed by atoms with Crippen molar-refractivity contribution >= 4 is 22.9 Å². The van der Waals surface area contributed by atoms with Gasteiger partial charge in [0.1, 0.15) is 0 Å². The van der Waals surface area contributed by atoms with Crippen molar-refractivity contribution in [2.45, 2.75) is 0 Å². The first kappa shape index (κ1) is 12.9. The number of anilines is 1. The number of amides is 1. The SMILES string of the molecule is O=C(c1cccs1)N1CCN(c2ccc(=O)[nH]c2)CC1. The van der Waals surface area contributed by atoms with E-state index in [9.17, 15) is 9.59 Å². The molecule has 0 bridgehead atoms. The first-order chi connectivity index (χ1) is 9.74. The Hall–Kier alpha value is -2.08. The molecule has 0 unspecified atom stereocenters. The summed E-state index contributed by atoms with van der Waals surface area (Å²) >= 11 is 1.48. The van der Waals surface area contributed by atoms with Gasteiger partial charge in [0.25, 0.3) is 5.91 Å². The summed E-state index contributed by atoms with van der Waals surface area (Å²) in [5.41, 5.74) is 0.896. The monoisotopic (exact) mass is 289 g/mol. The molecule has 1 aliphatic rings. The van der Waals surface area contributed by atoms with Crippen LogP contribution in [-0.4, -0.2) is 42.0 Å². The van der Waals surface area contributed by atoms with Crippen LogP contribution in [0.25, 0.3) is 0 Å². The van der Waals surface area contributed by atoms with E-state index in [0.29, 0.717) is 13.1 Å². The zero-order valence-corrected chi connectivity index (χ0v) is 11.7. The van der Waals surface area contributed by atoms with Crippen LogP contribution in [0.3, 0.4) is 0 Å². The molecule has 2 aromatic heterocycles. The van der Waals surface area contributed by atoms with Crippen molar-refractivity contribution in [3.8, 4) is 0 Å². The van der Waals surface area contributed by atoms with E-state index in [1.165, 1.54) is 17.4 Å². The number of aromatic nitrogens is 1. The van der Waals surface area contributed by atoms with Crippen LogP contribution in [0.2, 0.25) is 0 Å². The van der Waals surface area contributed by atoms with E-state index in [2.05, 4.69) is 9.88 Å². The van der Waals surface area contributed by atoms with Crippen molar-refractivity contribution < 1.29 is 4.79 Å². The first-order valence-corrected chi connectivity index (χ1v) is 7.38. The number of nitrogens with one attached hydrogen (secondary N) is 1. The van der Waals surface area contributed by atoms with Gasteiger partial charge in [-0.05, 0) is 17.5 Å². The van der Waals surface area contributed by atoms with E-state index < -0.39 is 0 Å². The second-order valence-electron chi connectivity index (χ2n) is 4.67. The Labute approximate surface area is 120 Å². The van der Waals surface area contributed by atoms with Gasteiger partial charge in [0.05, 0.1) is 10.6 Å². The fourth-order valence-corrected chi connectivity index (χ4v) is 3.01. The number of H-pyrrole nitrogens is 1. The van der Waals surface area contributed by atoms with Crippen LogP contribution in [0, 0.1) is 0 Å². The molecule has 1 amide bonds. The number of rotatable bonds is 2. The molecule has 1 N–H and O–H groups in total. The Morgan fingerprint density at radius 2 is 1.95 bits per heavy atom. The van der Waals surface area contributed by atoms with Crippen LogP contribution in [0.5, 0.6) is 0 Å². The minimum absolute atomic E-state index is 0.0970. The van der Waals surface area contributed by atoms with Gasteiger partial charge in [-0.3, -0.25) is 9.59 Å². The number of carbonyl (C=O) groups excluding carboxylic acids is 1. The predicted molar refractivity (Wildman–Crippen MR) is 79.5 cm³/mol. The first-order valence-electron chi connectivity index (χ1n) is 6.50. The largest absolute Gasteiger partial charge is 0.367 e. The molecule has 6 heteroatoms. The standard InChI is InChI=1S/C14H15N3O2S/c18-13-4-3-11(10-15-13)16-5-7-17(8-6-16)14(19)12-2-1-9-20-12/h1-4,9-10H,5-8H2,(H,15,18). The van der Waals surface area contributed by atoms with Crippen molar-refractivity contribution in [2.24, 2.45) is 0 Å². The van der Waals surface area contributed by atoms with Crippen molar-refractivity contribution in [1.82, 2.24) is 9.88 Å². The van der Waals surface area contributed by atoms with E-state index in [0.717, 1.165) is 23.7 Å². The van der Waals surface area contributed by atoms with Gasteiger partial charge < -0.3 is 14.8 Å². The highest BCUT2D eigenvalue weighted by molar-refractivity contribution is 7.12. The maximum Gasteiger partial charge on any atom is 0.264 e. The molecule has 0 radical (unpaired) electrons. The van der Waals surface area contributed by atoms with Crippen LogP contribution in [-0.2, 0) is 0 Å². The molecule has 3 rings (SSSR count). The Balaban J connectivity index is 1.63. The quantitative estimate of drug-likeness (QED) is 0.909. The molecule has 5 nitrogen and oxygen atoms in total. The van der Waals surface area contributed by atoms with Gasteiger partial charge in [0.2, 0.25) is 5.56 Å². The van der Waals surface area contributed by atoms with E-state index in [-0.39, 0.29) is 11.5 Å². The number of pyridine rings is 1. The fraction of sp³-hybridized carbons (Fsp3) is 0.286. The van der Waals surface area contributed by atoms with Crippen LogP contribution in [0.1, 0.15) is 9.67 Å². The van der Waals surface area contributed by atoms with E-state index in [1.807, 2.05) is 28.5 Å². The zero-order chi connectivity index (χ0) is 13.9. The smallest absolute Gasteiger partial charge is 0.264 e. The minimum Gasteiger partial charge on any atom is -0.367 e. The van der Waals surface area contributed by atoms with Gasteiger partial charge in [0.15, 0.2) is 0 Å². The average Bonchev–Trinajstić information content (AvgIpc) is 3.02. The molecule has 104 valence electrons. The highest BCUT2D eigenvalue weighted by Gasteiger charge is 2.22. The molecule has 1 fully saturated rings. The topological polar surface area (TPSA) is 56.4 Å². The third kappa shape index (κ3) is 2.60. The number of hydrogen-bond donors (Lipinski definition) is 1. The van der Waals surface area contributed by atoms with Crippen molar-refractivity contribution in [1.29, 1.82) is 0 Å². The number of nitrogens with zero attached hydrogens (tertiary/aromatic N) is 2. The summed E-state index contributed by atoms with van der Waals surface area (Å²) in [6.07, 6.45) is 1.72. The average molecular weight is 289 g/mol. The summed E-state index contributed by atoms with van der Waals surface area (Å²) in [6.45, 7) is 2.97. The van der Waals surface area contributed by atoms with E-state index >= 15 is 0 Å². The fourth-order valence-electron chi connectivity index (χ4n) is 2.32. The number of hydrogen-bond acceptors (Lipinski definition) is 4. The number of carbonyl (C=O) groups is 1. The molecule has 0 spiro atoms. The van der Waals surface area contributed by atoms with Crippen molar-refractivity contribution in [3.63, 3.8) is 0 Å². The highest BCUT2D eigenvalue weighted by atomic mass is 32.1. The maximum absolute atomic E-state index is 12.2. The molecule has 20 heavy (non-hydrogen) atoms. The van der Waals surface area contributed by atoms with E-state index in [1.54, 1.807) is 6.20 Å². The highest BCUT2D eigenvalue weighted by Crippen LogP contribution is 2.17. The van der Waals surface area contributed by atoms with E-state index in [4.69, 9.17) is 0 Å². The summed E-state index contributed by atoms with van der Waals surface area (Å²) in [5.74, 6) is 0.112. The Morgan fingerprint density at radius 3 is 2.55 bits per heavy atom. The predicted octanol–water partition coefficient (Wildman–Crippen LogP) is 1.40. The second-order valence-corrected chi connectivity index (χ2v) is 5.62. The van der Waals surface area contributed by atoms with Gasteiger partial charge >= 0.3 is 0 Å². The number of piperazine rings is 1. The van der Waals surface area contributed by atoms with Crippen LogP contribution in [0.15, 0.2) is 40.6 Å². The molecule has 3 heterocycles. The van der Waals surface area contributed by atoms with Gasteiger partial charge in [-0.25, -0.2) is 0 Å². The van der Waals surface area contributed by atoms with Crippen LogP contribution >= 0.6 is 11.3 Å². The lowest BCUT2D eigenvalue weighted by Crippen LogP contribution is -2.48. The Kier molecular flexibility index (Phi) is 3.56. The second kappa shape index (κ2) is 5.50. The van der Waals surface area contributed by atoms with Crippen molar-refractivity contribution in [2.75, 3.05) is 31.1 Å². The summed E-state index contributed by atoms with van der Waals surface area (Å²) in [5, 5.41) is 1.92. The molecule has 0 saturated carbocycles. The zero-order valence-electron chi connectivity index (χ0n) is 10.9. The lowest BCUT2D eigenvalue weighted by Gasteiger charge is -2.35. The molecule has 0 atom stereocenters. The van der Waals surface area contributed by atoms with Gasteiger partial charge in [-0.1, -0.05) is 6.07 Å². The summed E-state index contributed by atoms with van der Waals surface area (Å²) in [7, 11) is 0. The third-order valence-corrected chi connectivity index (χ3v) is 4.29. The minimum atomic E-state index is -0.0970. The Morgan fingerprint density at radius 1 is 1.15 bits per heavy atom. The number of thiophene rings is 1. The normalized spacial score (nSPS) is 15.4. The molecular weight excluding hydrogens is 274 g/mol. The van der Waals surface area contributed by atoms with Crippen molar-refractivity contribution in [3.05, 3.63) is 51.1 Å². The lowest BCUT2D eigenvalue weighted by atomic mass is 10.2. The molecule has 0 aromatic carbocycles. The summed E-state index contributed by atoms with van der Waals surface area (Å²) in [4.78, 5) is 30.8. The molecule has 2 aromatic rings. The van der Waals surface area contributed by atoms with Gasteiger partial charge in [-0.2, -0.15) is 0 Å².